The molecular weight excluding hydrogens is 428 g/mol. The average Bonchev–Trinajstić information content (AvgIpc) is 2.73. The van der Waals surface area contributed by atoms with Crippen LogP contribution in [-0.2, 0) is 20.0 Å². The van der Waals surface area contributed by atoms with Gasteiger partial charge in [-0.05, 0) is 67.6 Å². The average molecular weight is 449 g/mol. The number of nitrogens with zero attached hydrogens (tertiary/aromatic N) is 2. The first kappa shape index (κ1) is 21.6. The molecule has 0 N–H and O–H groups in total. The second-order valence-corrected chi connectivity index (χ2v) is 10.00. The molecule has 158 valence electrons. The van der Waals surface area contributed by atoms with Gasteiger partial charge in [0.1, 0.15) is 11.5 Å². The molecule has 0 aliphatic rings. The molecule has 0 atom stereocenters. The van der Waals surface area contributed by atoms with Crippen LogP contribution in [0.1, 0.15) is 5.69 Å². The van der Waals surface area contributed by atoms with E-state index in [-0.39, 0.29) is 15.6 Å². The maximum atomic E-state index is 13.4. The van der Waals surface area contributed by atoms with E-state index < -0.39 is 20.0 Å². The molecule has 3 aromatic rings. The highest BCUT2D eigenvalue weighted by Gasteiger charge is 2.38. The predicted molar refractivity (Wildman–Crippen MR) is 112 cm³/mol. The lowest BCUT2D eigenvalue weighted by atomic mass is 10.3. The highest BCUT2D eigenvalue weighted by molar-refractivity contribution is 8.10. The van der Waals surface area contributed by atoms with Crippen LogP contribution in [-0.4, -0.2) is 36.0 Å². The number of aromatic nitrogens is 1. The normalized spacial score (nSPS) is 11.7. The van der Waals surface area contributed by atoms with Gasteiger partial charge in [-0.25, -0.2) is 4.98 Å². The van der Waals surface area contributed by atoms with E-state index in [1.165, 1.54) is 74.9 Å². The number of anilines is 1. The van der Waals surface area contributed by atoms with E-state index >= 15 is 0 Å². The van der Waals surface area contributed by atoms with E-state index in [0.29, 0.717) is 20.9 Å². The molecule has 1 aromatic heterocycles. The van der Waals surface area contributed by atoms with Crippen molar-refractivity contribution >= 4 is 25.9 Å². The van der Waals surface area contributed by atoms with E-state index in [0.717, 1.165) is 0 Å². The zero-order chi connectivity index (χ0) is 21.9. The highest BCUT2D eigenvalue weighted by atomic mass is 32.3. The van der Waals surface area contributed by atoms with E-state index in [1.54, 1.807) is 13.0 Å². The number of sulfonamides is 2. The van der Waals surface area contributed by atoms with Gasteiger partial charge in [0, 0.05) is 5.69 Å². The Bertz CT molecular complexity index is 1160. The van der Waals surface area contributed by atoms with Gasteiger partial charge in [-0.2, -0.15) is 16.8 Å². The summed E-state index contributed by atoms with van der Waals surface area (Å²) in [5, 5.41) is 0. The monoisotopic (exact) mass is 448 g/mol. The minimum Gasteiger partial charge on any atom is -0.497 e. The molecule has 0 saturated heterocycles. The van der Waals surface area contributed by atoms with E-state index in [9.17, 15) is 16.8 Å². The molecule has 8 nitrogen and oxygen atoms in total. The van der Waals surface area contributed by atoms with Gasteiger partial charge in [0.05, 0.1) is 24.0 Å². The van der Waals surface area contributed by atoms with Gasteiger partial charge in [-0.1, -0.05) is 6.07 Å². The van der Waals surface area contributed by atoms with Crippen LogP contribution in [0, 0.1) is 6.92 Å². The zero-order valence-electron chi connectivity index (χ0n) is 16.5. The van der Waals surface area contributed by atoms with Crippen LogP contribution >= 0.6 is 0 Å². The molecule has 2 aromatic carbocycles. The molecular formula is C20H20N2O6S2. The third kappa shape index (κ3) is 4.10. The Morgan fingerprint density at radius 2 is 1.13 bits per heavy atom. The van der Waals surface area contributed by atoms with Crippen LogP contribution in [0.2, 0.25) is 0 Å². The Hall–Kier alpha value is -3.11. The molecule has 0 aliphatic heterocycles. The number of pyridine rings is 1. The SMILES string of the molecule is COc1ccc(S(=O)(=O)N(c2cccc(C)n2)S(=O)(=O)c2ccc(OC)cc2)cc1. The third-order valence-corrected chi connectivity index (χ3v) is 8.37. The fourth-order valence-electron chi connectivity index (χ4n) is 2.69. The fourth-order valence-corrected chi connectivity index (χ4v) is 6.28. The minimum absolute atomic E-state index is 0.219. The van der Waals surface area contributed by atoms with E-state index in [2.05, 4.69) is 4.98 Å². The summed E-state index contributed by atoms with van der Waals surface area (Å²) in [7, 11) is -6.15. The lowest BCUT2D eigenvalue weighted by Crippen LogP contribution is -2.37. The van der Waals surface area contributed by atoms with Crippen LogP contribution in [0.3, 0.4) is 0 Å². The summed E-state index contributed by atoms with van der Waals surface area (Å²) in [6.45, 7) is 1.64. The van der Waals surface area contributed by atoms with Gasteiger partial charge in [-0.3, -0.25) is 0 Å². The molecule has 30 heavy (non-hydrogen) atoms. The van der Waals surface area contributed by atoms with Gasteiger partial charge >= 0.3 is 0 Å². The van der Waals surface area contributed by atoms with Crippen molar-refractivity contribution in [3.05, 3.63) is 72.4 Å². The van der Waals surface area contributed by atoms with Crippen molar-refractivity contribution in [3.8, 4) is 11.5 Å². The summed E-state index contributed by atoms with van der Waals surface area (Å²) < 4.78 is 64.2. The zero-order valence-corrected chi connectivity index (χ0v) is 18.1. The van der Waals surface area contributed by atoms with Gasteiger partial charge in [0.15, 0.2) is 5.82 Å². The second-order valence-electron chi connectivity index (χ2n) is 6.20. The summed E-state index contributed by atoms with van der Waals surface area (Å²) >= 11 is 0. The quantitative estimate of drug-likeness (QED) is 0.547. The van der Waals surface area contributed by atoms with Gasteiger partial charge < -0.3 is 9.47 Å². The van der Waals surface area contributed by atoms with Gasteiger partial charge in [0.25, 0.3) is 20.0 Å². The molecule has 0 amide bonds. The van der Waals surface area contributed by atoms with Crippen LogP contribution < -0.4 is 13.2 Å². The summed E-state index contributed by atoms with van der Waals surface area (Å²) in [6.07, 6.45) is 0. The maximum absolute atomic E-state index is 13.4. The molecule has 0 spiro atoms. The smallest absolute Gasteiger partial charge is 0.279 e. The van der Waals surface area contributed by atoms with Crippen molar-refractivity contribution in [3.63, 3.8) is 0 Å². The van der Waals surface area contributed by atoms with E-state index in [4.69, 9.17) is 9.47 Å². The van der Waals surface area contributed by atoms with Gasteiger partial charge in [0.2, 0.25) is 0 Å². The van der Waals surface area contributed by atoms with Crippen LogP contribution in [0.25, 0.3) is 0 Å². The maximum Gasteiger partial charge on any atom is 0.279 e. The standard InChI is InChI=1S/C20H20N2O6S2/c1-15-5-4-6-20(21-15)22(29(23,24)18-11-7-16(27-2)8-12-18)30(25,26)19-13-9-17(28-3)10-14-19/h4-14H,1-3H3. The molecule has 0 radical (unpaired) electrons. The molecule has 0 saturated carbocycles. The molecule has 0 fully saturated rings. The van der Waals surface area contributed by atoms with Crippen molar-refractivity contribution in [1.82, 2.24) is 4.98 Å². The minimum atomic E-state index is -4.52. The predicted octanol–water partition coefficient (Wildman–Crippen LogP) is 2.99. The Balaban J connectivity index is 2.22. The number of rotatable bonds is 7. The number of hydrogen-bond donors (Lipinski definition) is 0. The largest absolute Gasteiger partial charge is 0.497 e. The summed E-state index contributed by atoms with van der Waals surface area (Å²) in [4.78, 5) is 3.71. The third-order valence-electron chi connectivity index (χ3n) is 4.21. The lowest BCUT2D eigenvalue weighted by molar-refractivity contribution is 0.414. The number of hydrogen-bond acceptors (Lipinski definition) is 7. The first-order chi connectivity index (χ1) is 14.2. The molecule has 3 rings (SSSR count). The van der Waals surface area contributed by atoms with Crippen LogP contribution in [0.5, 0.6) is 11.5 Å². The Labute approximate surface area is 175 Å². The van der Waals surface area contributed by atoms with E-state index in [1.807, 2.05) is 0 Å². The molecule has 10 heteroatoms. The Morgan fingerprint density at radius 1 is 0.700 bits per heavy atom. The number of methoxy groups -OCH3 is 2. The first-order valence-corrected chi connectivity index (χ1v) is 11.6. The fraction of sp³-hybridized carbons (Fsp3) is 0.150. The van der Waals surface area contributed by atoms with Crippen molar-refractivity contribution in [1.29, 1.82) is 0 Å². The van der Waals surface area contributed by atoms with Crippen molar-refractivity contribution in [2.75, 3.05) is 17.9 Å². The number of aryl methyl sites for hydroxylation is 1. The van der Waals surface area contributed by atoms with Crippen molar-refractivity contribution in [2.24, 2.45) is 0 Å². The number of benzene rings is 2. The molecule has 0 bridgehead atoms. The van der Waals surface area contributed by atoms with Gasteiger partial charge in [-0.15, -0.1) is 3.71 Å². The summed E-state index contributed by atoms with van der Waals surface area (Å²) in [5.74, 6) is 0.640. The lowest BCUT2D eigenvalue weighted by Gasteiger charge is -2.23. The van der Waals surface area contributed by atoms with Crippen molar-refractivity contribution in [2.45, 2.75) is 16.7 Å². The Morgan fingerprint density at radius 3 is 1.50 bits per heavy atom. The molecule has 0 unspecified atom stereocenters. The first-order valence-electron chi connectivity index (χ1n) is 8.72. The van der Waals surface area contributed by atoms with Crippen LogP contribution in [0.15, 0.2) is 76.5 Å². The molecule has 1 heterocycles. The topological polar surface area (TPSA) is 103 Å². The number of ether oxygens (including phenoxy) is 2. The summed E-state index contributed by atoms with van der Waals surface area (Å²) in [6, 6.07) is 15.4. The summed E-state index contributed by atoms with van der Waals surface area (Å²) in [5.41, 5.74) is 0.465. The van der Waals surface area contributed by atoms with Crippen molar-refractivity contribution < 1.29 is 26.3 Å². The highest BCUT2D eigenvalue weighted by Crippen LogP contribution is 2.31. The second kappa shape index (κ2) is 8.33. The van der Waals surface area contributed by atoms with Crippen LogP contribution in [0.4, 0.5) is 5.82 Å². The molecule has 0 aliphatic carbocycles. The Kier molecular flexibility index (Phi) is 5.99.